The molecule has 0 aromatic rings. The zero-order chi connectivity index (χ0) is 20.7. The summed E-state index contributed by atoms with van der Waals surface area (Å²) in [5.41, 5.74) is 0. The topological polar surface area (TPSA) is 26.3 Å². The highest BCUT2D eigenvalue weighted by molar-refractivity contribution is 7.79. The molecule has 0 saturated heterocycles. The van der Waals surface area contributed by atoms with Gasteiger partial charge in [0, 0.05) is 0 Å². The van der Waals surface area contributed by atoms with Gasteiger partial charge >= 0.3 is 5.97 Å². The van der Waals surface area contributed by atoms with Crippen molar-refractivity contribution in [3.63, 3.8) is 0 Å². The number of esters is 1. The van der Waals surface area contributed by atoms with Gasteiger partial charge in [-0.05, 0) is 63.7 Å². The summed E-state index contributed by atoms with van der Waals surface area (Å²) in [6.07, 6.45) is 31.1. The molecule has 0 amide bonds. The largest absolute Gasteiger partial charge is 0.466 e. The van der Waals surface area contributed by atoms with E-state index < -0.39 is 0 Å². The summed E-state index contributed by atoms with van der Waals surface area (Å²) in [5.74, 6) is -0.421. The number of unbranched alkanes of at least 4 members (excludes halogenated alkanes) is 2. The molecular weight excluding hydrogens is 364 g/mol. The van der Waals surface area contributed by atoms with Crippen LogP contribution in [0.3, 0.4) is 0 Å². The van der Waals surface area contributed by atoms with Gasteiger partial charge in [-0.2, -0.15) is 0 Å². The minimum absolute atomic E-state index is 0.188. The number of hydrogen-bond acceptors (Lipinski definition) is 3. The molecular formula is C25H38O2S. The molecule has 156 valence electrons. The average molecular weight is 403 g/mol. The van der Waals surface area contributed by atoms with Gasteiger partial charge in [0.15, 0.2) is 0 Å². The third-order valence-corrected chi connectivity index (χ3v) is 4.38. The third kappa shape index (κ3) is 17.7. The second-order valence-corrected chi connectivity index (χ2v) is 6.76. The lowest BCUT2D eigenvalue weighted by molar-refractivity contribution is -0.145. The van der Waals surface area contributed by atoms with Gasteiger partial charge in [0.2, 0.25) is 0 Å². The normalized spacial score (nSPS) is 13.5. The number of allylic oxidation sites excluding steroid dienone is 10. The first-order chi connectivity index (χ1) is 13.8. The summed E-state index contributed by atoms with van der Waals surface area (Å²) >= 11 is 4.92. The van der Waals surface area contributed by atoms with E-state index >= 15 is 0 Å². The average Bonchev–Trinajstić information content (AvgIpc) is 2.70. The first-order valence-electron chi connectivity index (χ1n) is 10.6. The first-order valence-corrected chi connectivity index (χ1v) is 11.1. The van der Waals surface area contributed by atoms with Crippen LogP contribution in [0.25, 0.3) is 0 Å². The Balaban J connectivity index is 3.63. The van der Waals surface area contributed by atoms with Crippen molar-refractivity contribution in [1.82, 2.24) is 0 Å². The molecule has 0 aliphatic rings. The van der Waals surface area contributed by atoms with Crippen LogP contribution in [0.15, 0.2) is 60.8 Å². The molecule has 0 spiro atoms. The number of carbonyl (C=O) groups is 1. The molecule has 0 aromatic heterocycles. The van der Waals surface area contributed by atoms with Crippen LogP contribution in [-0.4, -0.2) is 17.9 Å². The molecule has 28 heavy (non-hydrogen) atoms. The molecule has 0 bridgehead atoms. The number of hydrogen-bond donors (Lipinski definition) is 0. The van der Waals surface area contributed by atoms with Crippen LogP contribution < -0.4 is 0 Å². The van der Waals surface area contributed by atoms with E-state index in [-0.39, 0.29) is 11.9 Å². The van der Waals surface area contributed by atoms with Crippen LogP contribution in [0.2, 0.25) is 0 Å². The Morgan fingerprint density at radius 1 is 0.786 bits per heavy atom. The summed E-state index contributed by atoms with van der Waals surface area (Å²) in [5, 5.41) is 1.54. The van der Waals surface area contributed by atoms with Crippen LogP contribution >= 0.6 is 12.2 Å². The Hall–Kier alpha value is -1.74. The summed E-state index contributed by atoms with van der Waals surface area (Å²) in [7, 11) is 0. The molecule has 0 N–H and O–H groups in total. The number of carbonyl (C=O) groups excluding carboxylic acids is 1. The predicted molar refractivity (Wildman–Crippen MR) is 127 cm³/mol. The maximum absolute atomic E-state index is 11.6. The van der Waals surface area contributed by atoms with E-state index in [0.717, 1.165) is 57.8 Å². The van der Waals surface area contributed by atoms with Crippen LogP contribution in [0.4, 0.5) is 0 Å². The van der Waals surface area contributed by atoms with E-state index in [4.69, 9.17) is 17.0 Å². The van der Waals surface area contributed by atoms with Gasteiger partial charge in [0.1, 0.15) is 0 Å². The molecule has 0 aliphatic heterocycles. The predicted octanol–water partition coefficient (Wildman–Crippen LogP) is 7.48. The van der Waals surface area contributed by atoms with E-state index in [0.29, 0.717) is 6.61 Å². The molecule has 3 heteroatoms. The van der Waals surface area contributed by atoms with Crippen LogP contribution in [-0.2, 0) is 9.53 Å². The fraction of sp³-hybridized carbons (Fsp3) is 0.520. The molecule has 1 unspecified atom stereocenters. The second-order valence-electron chi connectivity index (χ2n) is 6.49. The summed E-state index contributed by atoms with van der Waals surface area (Å²) in [6, 6.07) is 0. The Labute approximate surface area is 178 Å². The van der Waals surface area contributed by atoms with Crippen molar-refractivity contribution in [3.8, 4) is 0 Å². The van der Waals surface area contributed by atoms with Gasteiger partial charge in [-0.3, -0.25) is 4.79 Å². The molecule has 0 fully saturated rings. The molecule has 1 atom stereocenters. The van der Waals surface area contributed by atoms with Crippen molar-refractivity contribution in [2.45, 2.75) is 71.6 Å². The van der Waals surface area contributed by atoms with Crippen molar-refractivity contribution >= 4 is 23.6 Å². The SMILES string of the molecule is CCC=CCC=CCC=CCC=CCC=CCCCCC(C=S)C(=O)OCC. The van der Waals surface area contributed by atoms with Gasteiger partial charge < -0.3 is 4.74 Å². The van der Waals surface area contributed by atoms with Crippen molar-refractivity contribution in [3.05, 3.63) is 60.8 Å². The fourth-order valence-corrected chi connectivity index (χ4v) is 2.73. The van der Waals surface area contributed by atoms with E-state index in [9.17, 15) is 4.79 Å². The molecule has 0 aromatic carbocycles. The molecule has 0 aliphatic carbocycles. The lowest BCUT2D eigenvalue weighted by Crippen LogP contribution is -2.18. The molecule has 0 radical (unpaired) electrons. The van der Waals surface area contributed by atoms with Crippen molar-refractivity contribution in [2.75, 3.05) is 6.61 Å². The minimum Gasteiger partial charge on any atom is -0.466 e. The Morgan fingerprint density at radius 2 is 1.29 bits per heavy atom. The van der Waals surface area contributed by atoms with Gasteiger partial charge in [0.25, 0.3) is 0 Å². The highest BCUT2D eigenvalue weighted by atomic mass is 32.1. The van der Waals surface area contributed by atoms with Crippen molar-refractivity contribution in [2.24, 2.45) is 5.92 Å². The van der Waals surface area contributed by atoms with Crippen LogP contribution in [0.1, 0.15) is 71.6 Å². The van der Waals surface area contributed by atoms with Crippen LogP contribution in [0, 0.1) is 5.92 Å². The fourth-order valence-electron chi connectivity index (χ4n) is 2.49. The summed E-state index contributed by atoms with van der Waals surface area (Å²) in [6.45, 7) is 4.39. The van der Waals surface area contributed by atoms with E-state index in [1.54, 1.807) is 0 Å². The van der Waals surface area contributed by atoms with E-state index in [1.165, 1.54) is 5.37 Å². The van der Waals surface area contributed by atoms with Crippen LogP contribution in [0.5, 0.6) is 0 Å². The van der Waals surface area contributed by atoms with Crippen molar-refractivity contribution in [1.29, 1.82) is 0 Å². The Bertz CT molecular complexity index is 527. The maximum Gasteiger partial charge on any atom is 0.313 e. The van der Waals surface area contributed by atoms with Gasteiger partial charge in [-0.25, -0.2) is 0 Å². The molecule has 0 rings (SSSR count). The van der Waals surface area contributed by atoms with Gasteiger partial charge in [-0.1, -0.05) is 86.3 Å². The maximum atomic E-state index is 11.6. The zero-order valence-corrected chi connectivity index (χ0v) is 18.5. The monoisotopic (exact) mass is 402 g/mol. The smallest absolute Gasteiger partial charge is 0.313 e. The number of rotatable bonds is 17. The van der Waals surface area contributed by atoms with Gasteiger partial charge in [-0.15, -0.1) is 0 Å². The van der Waals surface area contributed by atoms with Crippen molar-refractivity contribution < 1.29 is 9.53 Å². The highest BCUT2D eigenvalue weighted by Gasteiger charge is 2.15. The lowest BCUT2D eigenvalue weighted by Gasteiger charge is -2.09. The van der Waals surface area contributed by atoms with E-state index in [1.807, 2.05) is 6.92 Å². The summed E-state index contributed by atoms with van der Waals surface area (Å²) < 4.78 is 5.01. The highest BCUT2D eigenvalue weighted by Crippen LogP contribution is 2.11. The lowest BCUT2D eigenvalue weighted by atomic mass is 10.0. The molecule has 0 saturated carbocycles. The Kier molecular flexibility index (Phi) is 20.2. The van der Waals surface area contributed by atoms with E-state index in [2.05, 4.69) is 67.7 Å². The summed E-state index contributed by atoms with van der Waals surface area (Å²) in [4.78, 5) is 11.6. The first kappa shape index (κ1) is 26.3. The number of ether oxygens (including phenoxy) is 1. The van der Waals surface area contributed by atoms with Gasteiger partial charge in [0.05, 0.1) is 12.5 Å². The molecule has 0 heterocycles. The zero-order valence-electron chi connectivity index (χ0n) is 17.7. The number of thiocarbonyl (C=S) groups is 1. The third-order valence-electron chi connectivity index (χ3n) is 4.05. The standard InChI is InChI=1S/C25H38O2S/c1-3-5-6-7-8-9-10-11-12-13-14-15-16-17-18-19-20-21-22-24(23-28)25(26)27-4-2/h5-6,8-9,11-12,14-15,17-18,23-24H,3-4,7,10,13,16,19-22H2,1-2H3. The minimum atomic E-state index is -0.233. The second kappa shape index (κ2) is 21.6. The quantitative estimate of drug-likeness (QED) is 0.109. The molecule has 2 nitrogen and oxygen atoms in total. The Morgan fingerprint density at radius 3 is 1.75 bits per heavy atom.